The summed E-state index contributed by atoms with van der Waals surface area (Å²) in [5.41, 5.74) is 0.0511. The van der Waals surface area contributed by atoms with E-state index in [0.717, 1.165) is 4.57 Å². The molecule has 15 heteroatoms. The maximum Gasteiger partial charge on any atom is 0.347 e. The van der Waals surface area contributed by atoms with E-state index in [1.54, 1.807) is 68.6 Å². The number of phenols is 1. The number of carbonyl (C=O) groups excluding carboxylic acids is 2. The van der Waals surface area contributed by atoms with Gasteiger partial charge in [0.15, 0.2) is 23.0 Å². The maximum absolute atomic E-state index is 14.6. The summed E-state index contributed by atoms with van der Waals surface area (Å²) in [5, 5.41) is 10.5. The molecule has 0 unspecified atom stereocenters. The zero-order valence-electron chi connectivity index (χ0n) is 30.3. The fourth-order valence-corrected chi connectivity index (χ4v) is 8.68. The van der Waals surface area contributed by atoms with Crippen molar-refractivity contribution in [2.75, 3.05) is 26.2 Å². The van der Waals surface area contributed by atoms with Crippen LogP contribution >= 0.6 is 0 Å². The molecular formula is C39H38N6O9. The Hall–Kier alpha value is -6.38. The summed E-state index contributed by atoms with van der Waals surface area (Å²) >= 11 is 0. The normalized spacial score (nSPS) is 21.8. The number of nitrogens with zero attached hydrogens (tertiary/aromatic N) is 6. The van der Waals surface area contributed by atoms with Crippen molar-refractivity contribution in [2.45, 2.75) is 44.8 Å². The minimum Gasteiger partial charge on any atom is -0.504 e. The molecule has 1 N–H and O–H groups in total. The van der Waals surface area contributed by atoms with Gasteiger partial charge in [-0.25, -0.2) is 33.4 Å². The summed E-state index contributed by atoms with van der Waals surface area (Å²) in [6, 6.07) is 16.1. The first-order valence-electron chi connectivity index (χ1n) is 17.5. The lowest BCUT2D eigenvalue weighted by atomic mass is 9.56. The molecule has 0 bridgehead atoms. The summed E-state index contributed by atoms with van der Waals surface area (Å²) in [6.07, 6.45) is 1.92. The highest BCUT2D eigenvalue weighted by molar-refractivity contribution is 6.24. The van der Waals surface area contributed by atoms with Crippen LogP contribution in [0.25, 0.3) is 11.0 Å². The van der Waals surface area contributed by atoms with Gasteiger partial charge in [-0.2, -0.15) is 0 Å². The van der Waals surface area contributed by atoms with Gasteiger partial charge in [0, 0.05) is 38.1 Å². The second kappa shape index (κ2) is 12.6. The highest BCUT2D eigenvalue weighted by Crippen LogP contribution is 2.61. The predicted molar refractivity (Wildman–Crippen MR) is 196 cm³/mol. The SMILES string of the molecule is COc1cc([C@H]2C3=CCn4c(=O)n(CCc5nc6cc(OC)c(OC)cc6n(C)c5=O)c(=O)n4[C@@H]3C[C@H]3C(=O)N(c4ccccc4)C(=O)[C@@]23C)ccc1O. The van der Waals surface area contributed by atoms with E-state index in [-0.39, 0.29) is 54.6 Å². The van der Waals surface area contributed by atoms with Crippen molar-refractivity contribution in [3.63, 3.8) is 0 Å². The minimum atomic E-state index is -1.28. The van der Waals surface area contributed by atoms with E-state index in [1.165, 1.54) is 46.2 Å². The number of aromatic nitrogens is 5. The first-order chi connectivity index (χ1) is 25.9. The Kier molecular flexibility index (Phi) is 8.12. The lowest BCUT2D eigenvalue weighted by Gasteiger charge is -2.47. The van der Waals surface area contributed by atoms with Crippen LogP contribution in [-0.4, -0.2) is 61.7 Å². The number of allylic oxidation sites excluding steroid dienone is 2. The van der Waals surface area contributed by atoms with Crippen LogP contribution in [0.1, 0.15) is 36.6 Å². The lowest BCUT2D eigenvalue weighted by Crippen LogP contribution is -2.49. The Morgan fingerprint density at radius 1 is 0.889 bits per heavy atom. The average molecular weight is 735 g/mol. The second-order valence-corrected chi connectivity index (χ2v) is 14.0. The number of methoxy groups -OCH3 is 3. The number of imide groups is 1. The number of phenolic OH excluding ortho intramolecular Hbond substituents is 1. The topological polar surface area (TPSA) is 169 Å². The van der Waals surface area contributed by atoms with Crippen LogP contribution < -0.4 is 36.0 Å². The van der Waals surface area contributed by atoms with Gasteiger partial charge in [-0.1, -0.05) is 30.3 Å². The number of aryl methyl sites for hydroxylation is 2. The highest BCUT2D eigenvalue weighted by atomic mass is 16.5. The molecule has 2 amide bonds. The molecule has 3 aliphatic rings. The number of hydrogen-bond donors (Lipinski definition) is 1. The molecule has 54 heavy (non-hydrogen) atoms. The van der Waals surface area contributed by atoms with Gasteiger partial charge in [0.25, 0.3) is 5.56 Å². The molecular weight excluding hydrogens is 696 g/mol. The summed E-state index contributed by atoms with van der Waals surface area (Å²) in [7, 11) is 6.03. The fourth-order valence-electron chi connectivity index (χ4n) is 8.68. The number of anilines is 1. The maximum atomic E-state index is 14.6. The number of carbonyl (C=O) groups is 2. The van der Waals surface area contributed by atoms with Crippen molar-refractivity contribution >= 4 is 28.5 Å². The summed E-state index contributed by atoms with van der Waals surface area (Å²) in [5.74, 6) is -1.40. The van der Waals surface area contributed by atoms with E-state index in [0.29, 0.717) is 39.4 Å². The molecule has 1 aliphatic carbocycles. The van der Waals surface area contributed by atoms with Crippen molar-refractivity contribution in [1.82, 2.24) is 23.5 Å². The van der Waals surface area contributed by atoms with Crippen LogP contribution in [0.4, 0.5) is 5.69 Å². The number of amides is 2. The lowest BCUT2D eigenvalue weighted by molar-refractivity contribution is -0.129. The van der Waals surface area contributed by atoms with Gasteiger partial charge in [0.1, 0.15) is 5.69 Å². The number of aromatic hydroxyl groups is 1. The van der Waals surface area contributed by atoms with Crippen LogP contribution in [-0.2, 0) is 36.1 Å². The second-order valence-electron chi connectivity index (χ2n) is 14.0. The van der Waals surface area contributed by atoms with Crippen molar-refractivity contribution in [1.29, 1.82) is 0 Å². The first-order valence-corrected chi connectivity index (χ1v) is 17.5. The third kappa shape index (κ3) is 4.87. The molecule has 1 saturated carbocycles. The molecule has 4 heterocycles. The van der Waals surface area contributed by atoms with E-state index in [9.17, 15) is 29.1 Å². The van der Waals surface area contributed by atoms with Gasteiger partial charge in [0.05, 0.1) is 62.0 Å². The molecule has 5 aromatic rings. The molecule has 278 valence electrons. The Bertz CT molecular complexity index is 2600. The summed E-state index contributed by atoms with van der Waals surface area (Å²) < 4.78 is 21.5. The summed E-state index contributed by atoms with van der Waals surface area (Å²) in [6.45, 7) is 1.68. The van der Waals surface area contributed by atoms with Crippen molar-refractivity contribution in [3.05, 3.63) is 115 Å². The smallest absolute Gasteiger partial charge is 0.347 e. The number of para-hydroxylation sites is 1. The van der Waals surface area contributed by atoms with Crippen molar-refractivity contribution in [2.24, 2.45) is 18.4 Å². The number of fused-ring (bicyclic) bond motifs is 5. The van der Waals surface area contributed by atoms with Crippen LogP contribution in [0, 0.1) is 11.3 Å². The van der Waals surface area contributed by atoms with Gasteiger partial charge < -0.3 is 23.9 Å². The molecule has 2 aromatic heterocycles. The van der Waals surface area contributed by atoms with E-state index in [1.807, 2.05) is 6.08 Å². The van der Waals surface area contributed by atoms with Crippen LogP contribution in [0.3, 0.4) is 0 Å². The van der Waals surface area contributed by atoms with Gasteiger partial charge in [-0.3, -0.25) is 14.4 Å². The molecule has 2 fully saturated rings. The standard InChI is InChI=1S/C39H38N6O9/c1-39-24(34(47)44(36(39)49)22-9-7-6-8-10-22)18-27-23(33(39)21-11-12-29(46)30(17-21)52-3)13-16-43-37(50)42(38(51)45(27)43)15-14-25-35(48)41(2)28-20-32(54-5)31(53-4)19-26(28)40-25/h6-13,17,19-20,24,27,33,46H,14-16,18H2,1-5H3/t24-,27+,33-,39+/m0/s1. The quantitative estimate of drug-likeness (QED) is 0.185. The third-order valence-electron chi connectivity index (χ3n) is 11.4. The predicted octanol–water partition coefficient (Wildman–Crippen LogP) is 2.90. The first kappa shape index (κ1) is 34.7. The van der Waals surface area contributed by atoms with E-state index in [4.69, 9.17) is 14.2 Å². The third-order valence-corrected chi connectivity index (χ3v) is 11.4. The van der Waals surface area contributed by atoms with Crippen molar-refractivity contribution in [3.8, 4) is 23.0 Å². The molecule has 4 atom stereocenters. The Balaban J connectivity index is 1.21. The largest absolute Gasteiger partial charge is 0.504 e. The minimum absolute atomic E-state index is 0.0171. The Morgan fingerprint density at radius 3 is 2.30 bits per heavy atom. The fraction of sp³-hybridized carbons (Fsp3) is 0.333. The van der Waals surface area contributed by atoms with Gasteiger partial charge in [-0.15, -0.1) is 0 Å². The summed E-state index contributed by atoms with van der Waals surface area (Å²) in [4.78, 5) is 76.4. The molecule has 1 saturated heterocycles. The van der Waals surface area contributed by atoms with Crippen LogP contribution in [0.5, 0.6) is 23.0 Å². The van der Waals surface area contributed by atoms with Crippen molar-refractivity contribution < 1.29 is 28.9 Å². The zero-order valence-corrected chi connectivity index (χ0v) is 30.3. The highest BCUT2D eigenvalue weighted by Gasteiger charge is 2.65. The molecule has 8 rings (SSSR count). The molecule has 15 nitrogen and oxygen atoms in total. The average Bonchev–Trinajstić information content (AvgIpc) is 3.54. The number of hydrogen-bond acceptors (Lipinski definition) is 10. The molecule has 3 aromatic carbocycles. The van der Waals surface area contributed by atoms with Gasteiger partial charge in [0.2, 0.25) is 11.8 Å². The number of benzene rings is 3. The number of rotatable bonds is 8. The van der Waals surface area contributed by atoms with E-state index < -0.39 is 40.6 Å². The number of ether oxygens (including phenoxy) is 3. The zero-order chi connectivity index (χ0) is 38.2. The Labute approximate surface area is 307 Å². The van der Waals surface area contributed by atoms with Gasteiger partial charge >= 0.3 is 11.4 Å². The van der Waals surface area contributed by atoms with Crippen LogP contribution in [0.15, 0.2) is 86.7 Å². The molecule has 2 aliphatic heterocycles. The van der Waals surface area contributed by atoms with Crippen LogP contribution in [0.2, 0.25) is 0 Å². The van der Waals surface area contributed by atoms with E-state index in [2.05, 4.69) is 4.98 Å². The van der Waals surface area contributed by atoms with E-state index >= 15 is 0 Å². The monoisotopic (exact) mass is 734 g/mol. The molecule has 0 radical (unpaired) electrons. The molecule has 0 spiro atoms. The Morgan fingerprint density at radius 2 is 1.59 bits per heavy atom. The van der Waals surface area contributed by atoms with Gasteiger partial charge in [-0.05, 0) is 48.7 Å².